The smallest absolute Gasteiger partial charge is 0.205 e. The Morgan fingerprint density at radius 2 is 1.80 bits per heavy atom. The Morgan fingerprint density at radius 1 is 1.15 bits per heavy atom. The molecular weight excluding hydrogens is 262 g/mol. The van der Waals surface area contributed by atoms with Crippen molar-refractivity contribution in [2.45, 2.75) is 6.54 Å². The lowest BCUT2D eigenvalue weighted by Crippen LogP contribution is -2.00. The molecule has 0 N–H and O–H groups in total. The molecule has 0 saturated carbocycles. The van der Waals surface area contributed by atoms with E-state index in [0.717, 1.165) is 0 Å². The number of hydrogen-bond donors (Lipinski definition) is 0. The highest BCUT2D eigenvalue weighted by Gasteiger charge is 2.16. The highest BCUT2D eigenvalue weighted by molar-refractivity contribution is 5.66. The second-order valence-corrected chi connectivity index (χ2v) is 3.72. The molecule has 0 saturated heterocycles. The molecule has 0 aliphatic rings. The number of nitriles is 1. The normalized spacial score (nSPS) is 9.90. The van der Waals surface area contributed by atoms with Gasteiger partial charge in [0, 0.05) is 5.56 Å². The molecule has 2 aromatic rings. The third-order valence-corrected chi connectivity index (χ3v) is 2.59. The van der Waals surface area contributed by atoms with Crippen LogP contribution in [0.25, 0.3) is 11.4 Å². The number of ether oxygens (including phenoxy) is 3. The van der Waals surface area contributed by atoms with Crippen molar-refractivity contribution in [1.82, 2.24) is 20.2 Å². The van der Waals surface area contributed by atoms with E-state index in [-0.39, 0.29) is 6.54 Å². The molecule has 8 heteroatoms. The van der Waals surface area contributed by atoms with E-state index >= 15 is 0 Å². The average molecular weight is 275 g/mol. The van der Waals surface area contributed by atoms with E-state index in [1.54, 1.807) is 12.1 Å². The number of methoxy groups -OCH3 is 3. The molecule has 0 bridgehead atoms. The number of nitrogens with zero attached hydrogens (tertiary/aromatic N) is 5. The minimum Gasteiger partial charge on any atom is -0.493 e. The van der Waals surface area contributed by atoms with Crippen LogP contribution >= 0.6 is 0 Å². The van der Waals surface area contributed by atoms with Crippen LogP contribution in [0.15, 0.2) is 12.1 Å². The van der Waals surface area contributed by atoms with Gasteiger partial charge in [-0.3, -0.25) is 0 Å². The highest BCUT2D eigenvalue weighted by atomic mass is 16.5. The van der Waals surface area contributed by atoms with Crippen molar-refractivity contribution in [3.8, 4) is 34.7 Å². The Bertz CT molecular complexity index is 622. The summed E-state index contributed by atoms with van der Waals surface area (Å²) < 4.78 is 15.7. The maximum atomic E-state index is 8.60. The average Bonchev–Trinajstić information content (AvgIpc) is 2.94. The van der Waals surface area contributed by atoms with E-state index in [9.17, 15) is 0 Å². The molecule has 0 unspecified atom stereocenters. The minimum atomic E-state index is 0.0391. The van der Waals surface area contributed by atoms with E-state index < -0.39 is 0 Å². The van der Waals surface area contributed by atoms with Gasteiger partial charge in [0.2, 0.25) is 11.6 Å². The van der Waals surface area contributed by atoms with E-state index in [2.05, 4.69) is 15.4 Å². The summed E-state index contributed by atoms with van der Waals surface area (Å²) in [4.78, 5) is 1.21. The van der Waals surface area contributed by atoms with Gasteiger partial charge in [-0.1, -0.05) is 0 Å². The lowest BCUT2D eigenvalue weighted by atomic mass is 10.1. The number of tetrazole rings is 1. The molecule has 0 atom stereocenters. The second kappa shape index (κ2) is 5.88. The summed E-state index contributed by atoms with van der Waals surface area (Å²) in [6.45, 7) is 0.0391. The van der Waals surface area contributed by atoms with Gasteiger partial charge in [-0.05, 0) is 17.3 Å². The summed E-state index contributed by atoms with van der Waals surface area (Å²) in [6, 6.07) is 5.38. The molecule has 0 aliphatic heterocycles. The number of hydrogen-bond acceptors (Lipinski definition) is 7. The van der Waals surface area contributed by atoms with Crippen molar-refractivity contribution in [2.75, 3.05) is 21.3 Å². The summed E-state index contributed by atoms with van der Waals surface area (Å²) in [5, 5.41) is 20.4. The van der Waals surface area contributed by atoms with Crippen LogP contribution in [-0.4, -0.2) is 41.5 Å². The molecule has 0 aliphatic carbocycles. The lowest BCUT2D eigenvalue weighted by molar-refractivity contribution is 0.324. The Morgan fingerprint density at radius 3 is 2.30 bits per heavy atom. The van der Waals surface area contributed by atoms with Gasteiger partial charge >= 0.3 is 0 Å². The van der Waals surface area contributed by atoms with E-state index in [1.807, 2.05) is 6.07 Å². The number of rotatable bonds is 5. The third kappa shape index (κ3) is 2.47. The monoisotopic (exact) mass is 275 g/mol. The summed E-state index contributed by atoms with van der Waals surface area (Å²) in [7, 11) is 4.59. The molecule has 0 radical (unpaired) electrons. The fraction of sp³-hybridized carbons (Fsp3) is 0.333. The van der Waals surface area contributed by atoms with Gasteiger partial charge in [-0.15, -0.1) is 15.0 Å². The van der Waals surface area contributed by atoms with Crippen molar-refractivity contribution < 1.29 is 14.2 Å². The highest BCUT2D eigenvalue weighted by Crippen LogP contribution is 2.40. The quantitative estimate of drug-likeness (QED) is 0.799. The van der Waals surface area contributed by atoms with Crippen LogP contribution in [0.4, 0.5) is 0 Å². The van der Waals surface area contributed by atoms with Gasteiger partial charge in [0.1, 0.15) is 6.54 Å². The van der Waals surface area contributed by atoms with Crippen LogP contribution in [0, 0.1) is 11.3 Å². The van der Waals surface area contributed by atoms with Gasteiger partial charge in [0.25, 0.3) is 0 Å². The predicted octanol–water partition coefficient (Wildman–Crippen LogP) is 0.889. The molecule has 8 nitrogen and oxygen atoms in total. The molecule has 20 heavy (non-hydrogen) atoms. The standard InChI is InChI=1S/C12H13N5O3/c1-18-9-6-8(7-10(19-2)11(9)20-3)12-14-16-17(15-12)5-4-13/h6-7H,5H2,1-3H3. The lowest BCUT2D eigenvalue weighted by Gasteiger charge is -2.12. The predicted molar refractivity (Wildman–Crippen MR) is 68.5 cm³/mol. The van der Waals surface area contributed by atoms with Gasteiger partial charge in [-0.2, -0.15) is 5.26 Å². The Hall–Kier alpha value is -2.82. The van der Waals surface area contributed by atoms with Crippen LogP contribution in [0.1, 0.15) is 0 Å². The van der Waals surface area contributed by atoms with Gasteiger partial charge < -0.3 is 14.2 Å². The molecule has 1 heterocycles. The molecule has 0 amide bonds. The van der Waals surface area contributed by atoms with Gasteiger partial charge in [0.15, 0.2) is 11.5 Å². The van der Waals surface area contributed by atoms with Crippen LogP contribution < -0.4 is 14.2 Å². The summed E-state index contributed by atoms with van der Waals surface area (Å²) in [5.74, 6) is 1.86. The summed E-state index contributed by atoms with van der Waals surface area (Å²) in [5.41, 5.74) is 0.656. The number of benzene rings is 1. The SMILES string of the molecule is COc1cc(-c2nnn(CC#N)n2)cc(OC)c1OC. The largest absolute Gasteiger partial charge is 0.493 e. The van der Waals surface area contributed by atoms with Crippen molar-refractivity contribution >= 4 is 0 Å². The van der Waals surface area contributed by atoms with Gasteiger partial charge in [0.05, 0.1) is 27.4 Å². The topological polar surface area (TPSA) is 95.1 Å². The maximum Gasteiger partial charge on any atom is 0.205 e. The fourth-order valence-electron chi connectivity index (χ4n) is 1.70. The van der Waals surface area contributed by atoms with Crippen LogP contribution in [0.2, 0.25) is 0 Å². The van der Waals surface area contributed by atoms with Crippen LogP contribution in [0.3, 0.4) is 0 Å². The Balaban J connectivity index is 2.48. The number of aromatic nitrogens is 4. The molecular formula is C12H13N5O3. The maximum absolute atomic E-state index is 8.60. The zero-order chi connectivity index (χ0) is 14.5. The first-order chi connectivity index (χ1) is 9.73. The van der Waals surface area contributed by atoms with E-state index in [0.29, 0.717) is 28.6 Å². The summed E-state index contributed by atoms with van der Waals surface area (Å²) >= 11 is 0. The summed E-state index contributed by atoms with van der Waals surface area (Å²) in [6.07, 6.45) is 0. The molecule has 2 rings (SSSR count). The molecule has 0 fully saturated rings. The first-order valence-corrected chi connectivity index (χ1v) is 5.68. The molecule has 1 aromatic carbocycles. The van der Waals surface area contributed by atoms with Crippen LogP contribution in [-0.2, 0) is 6.54 Å². The zero-order valence-electron chi connectivity index (χ0n) is 11.3. The van der Waals surface area contributed by atoms with Crippen molar-refractivity contribution in [3.05, 3.63) is 12.1 Å². The van der Waals surface area contributed by atoms with Crippen molar-refractivity contribution in [3.63, 3.8) is 0 Å². The zero-order valence-corrected chi connectivity index (χ0v) is 11.3. The molecule has 0 spiro atoms. The first kappa shape index (κ1) is 13.6. The first-order valence-electron chi connectivity index (χ1n) is 5.68. The van der Waals surface area contributed by atoms with Gasteiger partial charge in [-0.25, -0.2) is 0 Å². The van der Waals surface area contributed by atoms with Crippen LogP contribution in [0.5, 0.6) is 17.2 Å². The Labute approximate surface area is 115 Å². The van der Waals surface area contributed by atoms with Crippen molar-refractivity contribution in [2.24, 2.45) is 0 Å². The van der Waals surface area contributed by atoms with E-state index in [4.69, 9.17) is 19.5 Å². The van der Waals surface area contributed by atoms with Crippen molar-refractivity contribution in [1.29, 1.82) is 5.26 Å². The molecule has 104 valence electrons. The second-order valence-electron chi connectivity index (χ2n) is 3.72. The minimum absolute atomic E-state index is 0.0391. The third-order valence-electron chi connectivity index (χ3n) is 2.59. The van der Waals surface area contributed by atoms with E-state index in [1.165, 1.54) is 26.1 Å². The fourth-order valence-corrected chi connectivity index (χ4v) is 1.70. The molecule has 1 aromatic heterocycles. The Kier molecular flexibility index (Phi) is 4.00.